The second-order valence-corrected chi connectivity index (χ2v) is 7.64. The van der Waals surface area contributed by atoms with Crippen molar-refractivity contribution in [1.29, 1.82) is 0 Å². The Labute approximate surface area is 141 Å². The number of pyridine rings is 1. The molecule has 0 fully saturated rings. The summed E-state index contributed by atoms with van der Waals surface area (Å²) in [4.78, 5) is 12.3. The number of unbranched alkanes of at least 4 members (excludes halogenated alkanes) is 4. The molecule has 0 radical (unpaired) electrons. The number of nitrogens with zero attached hydrogens (tertiary/aromatic N) is 1. The summed E-state index contributed by atoms with van der Waals surface area (Å²) in [6.45, 7) is 12.0. The van der Waals surface area contributed by atoms with Crippen LogP contribution in [0.2, 0.25) is 0 Å². The van der Waals surface area contributed by atoms with E-state index in [9.17, 15) is 10.0 Å². The smallest absolute Gasteiger partial charge is 0.188 e. The first-order chi connectivity index (χ1) is 10.6. The van der Waals surface area contributed by atoms with Gasteiger partial charge in [-0.25, -0.2) is 0 Å². The molecule has 23 heavy (non-hydrogen) atoms. The number of allylic oxidation sites excluding steroid dienone is 2. The summed E-state index contributed by atoms with van der Waals surface area (Å²) < 4.78 is 1.16. The molecule has 1 rings (SSSR count). The maximum atomic E-state index is 12.3. The van der Waals surface area contributed by atoms with Gasteiger partial charge in [0.15, 0.2) is 5.43 Å². The van der Waals surface area contributed by atoms with Crippen molar-refractivity contribution in [3.63, 3.8) is 0 Å². The zero-order valence-corrected chi connectivity index (χ0v) is 15.7. The van der Waals surface area contributed by atoms with Crippen molar-refractivity contribution in [2.24, 2.45) is 5.41 Å². The predicted octanol–water partition coefficient (Wildman–Crippen LogP) is 5.11. The SMILES string of the molecule is Cc1c(C)n(O)c(C)c(CCCCCCC=CC(C)(C)C)c1=O. The molecule has 1 N–H and O–H groups in total. The third-order valence-corrected chi connectivity index (χ3v) is 4.39. The quantitative estimate of drug-likeness (QED) is 0.431. The van der Waals surface area contributed by atoms with Crippen LogP contribution in [0.4, 0.5) is 0 Å². The molecular formula is C20H33NO2. The van der Waals surface area contributed by atoms with Gasteiger partial charge in [-0.15, -0.1) is 0 Å². The van der Waals surface area contributed by atoms with Gasteiger partial charge in [-0.1, -0.05) is 45.8 Å². The fourth-order valence-electron chi connectivity index (χ4n) is 2.74. The van der Waals surface area contributed by atoms with Crippen molar-refractivity contribution in [2.45, 2.75) is 80.1 Å². The van der Waals surface area contributed by atoms with Gasteiger partial charge in [-0.3, -0.25) is 4.79 Å². The number of hydrogen-bond donors (Lipinski definition) is 1. The molecule has 0 aliphatic rings. The monoisotopic (exact) mass is 319 g/mol. The van der Waals surface area contributed by atoms with E-state index in [0.29, 0.717) is 17.0 Å². The van der Waals surface area contributed by atoms with E-state index in [-0.39, 0.29) is 10.8 Å². The lowest BCUT2D eigenvalue weighted by molar-refractivity contribution is 0.169. The average Bonchev–Trinajstić information content (AvgIpc) is 2.47. The second-order valence-electron chi connectivity index (χ2n) is 7.64. The lowest BCUT2D eigenvalue weighted by atomic mass is 9.95. The lowest BCUT2D eigenvalue weighted by Crippen LogP contribution is -2.22. The summed E-state index contributed by atoms with van der Waals surface area (Å²) in [5.41, 5.74) is 3.11. The standard InChI is InChI=1S/C20H33NO2/c1-15-16(2)21(23)17(3)18(19(15)22)13-11-9-7-8-10-12-14-20(4,5)6/h12,14,23H,7-11,13H2,1-6H3. The molecule has 3 heteroatoms. The molecule has 1 aromatic heterocycles. The fraction of sp³-hybridized carbons (Fsp3) is 0.650. The van der Waals surface area contributed by atoms with Crippen LogP contribution in [-0.2, 0) is 6.42 Å². The molecular weight excluding hydrogens is 286 g/mol. The molecule has 0 bridgehead atoms. The Balaban J connectivity index is 2.43. The Bertz CT molecular complexity index is 604. The van der Waals surface area contributed by atoms with Crippen molar-refractivity contribution >= 4 is 0 Å². The van der Waals surface area contributed by atoms with Crippen LogP contribution in [-0.4, -0.2) is 9.94 Å². The van der Waals surface area contributed by atoms with Gasteiger partial charge in [0.2, 0.25) is 0 Å². The normalized spacial score (nSPS) is 12.3. The predicted molar refractivity (Wildman–Crippen MR) is 97.5 cm³/mol. The zero-order chi connectivity index (χ0) is 17.6. The Morgan fingerprint density at radius 1 is 1.00 bits per heavy atom. The van der Waals surface area contributed by atoms with E-state index in [1.807, 2.05) is 6.92 Å². The van der Waals surface area contributed by atoms with Gasteiger partial charge >= 0.3 is 0 Å². The van der Waals surface area contributed by atoms with E-state index in [1.54, 1.807) is 13.8 Å². The molecule has 0 amide bonds. The summed E-state index contributed by atoms with van der Waals surface area (Å²) in [6, 6.07) is 0. The van der Waals surface area contributed by atoms with Crippen LogP contribution in [0.25, 0.3) is 0 Å². The van der Waals surface area contributed by atoms with Gasteiger partial charge in [-0.2, -0.15) is 4.73 Å². The van der Waals surface area contributed by atoms with Gasteiger partial charge in [-0.05, 0) is 51.9 Å². The average molecular weight is 319 g/mol. The van der Waals surface area contributed by atoms with E-state index >= 15 is 0 Å². The topological polar surface area (TPSA) is 42.2 Å². The van der Waals surface area contributed by atoms with Crippen LogP contribution in [0.1, 0.15) is 75.4 Å². The Kier molecular flexibility index (Phi) is 7.11. The summed E-state index contributed by atoms with van der Waals surface area (Å²) >= 11 is 0. The van der Waals surface area contributed by atoms with Gasteiger partial charge in [0.25, 0.3) is 0 Å². The van der Waals surface area contributed by atoms with Gasteiger partial charge in [0, 0.05) is 11.1 Å². The second kappa shape index (κ2) is 8.37. The third kappa shape index (κ3) is 5.89. The molecule has 130 valence electrons. The Hall–Kier alpha value is -1.51. The van der Waals surface area contributed by atoms with Crippen LogP contribution in [0.5, 0.6) is 0 Å². The Morgan fingerprint density at radius 2 is 1.61 bits per heavy atom. The first-order valence-electron chi connectivity index (χ1n) is 8.74. The number of aromatic nitrogens is 1. The van der Waals surface area contributed by atoms with E-state index in [4.69, 9.17) is 0 Å². The van der Waals surface area contributed by atoms with Gasteiger partial charge < -0.3 is 5.21 Å². The minimum absolute atomic E-state index is 0.0958. The molecule has 0 saturated carbocycles. The lowest BCUT2D eigenvalue weighted by Gasteiger charge is -2.14. The minimum atomic E-state index is 0.0958. The molecule has 0 saturated heterocycles. The molecule has 0 atom stereocenters. The van der Waals surface area contributed by atoms with Crippen LogP contribution in [0, 0.1) is 26.2 Å². The molecule has 3 nitrogen and oxygen atoms in total. The fourth-order valence-corrected chi connectivity index (χ4v) is 2.74. The molecule has 0 aliphatic heterocycles. The zero-order valence-electron chi connectivity index (χ0n) is 15.7. The van der Waals surface area contributed by atoms with E-state index < -0.39 is 0 Å². The summed E-state index contributed by atoms with van der Waals surface area (Å²) in [5, 5.41) is 10.0. The molecule has 1 aromatic rings. The van der Waals surface area contributed by atoms with Crippen molar-refractivity contribution < 1.29 is 5.21 Å². The molecule has 0 aromatic carbocycles. The van der Waals surface area contributed by atoms with E-state index in [1.165, 1.54) is 12.8 Å². The largest absolute Gasteiger partial charge is 0.428 e. The van der Waals surface area contributed by atoms with Gasteiger partial charge in [0.1, 0.15) is 0 Å². The summed E-state index contributed by atoms with van der Waals surface area (Å²) in [7, 11) is 0. The van der Waals surface area contributed by atoms with Crippen LogP contribution in [0.3, 0.4) is 0 Å². The summed E-state index contributed by atoms with van der Waals surface area (Å²) in [5.74, 6) is 0. The van der Waals surface area contributed by atoms with E-state index in [0.717, 1.165) is 36.0 Å². The highest BCUT2D eigenvalue weighted by Crippen LogP contribution is 2.16. The highest BCUT2D eigenvalue weighted by Gasteiger charge is 2.13. The molecule has 0 aliphatic carbocycles. The molecule has 1 heterocycles. The third-order valence-electron chi connectivity index (χ3n) is 4.39. The number of hydrogen-bond acceptors (Lipinski definition) is 2. The highest BCUT2D eigenvalue weighted by atomic mass is 16.5. The van der Waals surface area contributed by atoms with Crippen molar-refractivity contribution in [1.82, 2.24) is 4.73 Å². The van der Waals surface area contributed by atoms with Crippen molar-refractivity contribution in [3.8, 4) is 0 Å². The molecule has 0 spiro atoms. The van der Waals surface area contributed by atoms with Crippen LogP contribution >= 0.6 is 0 Å². The van der Waals surface area contributed by atoms with E-state index in [2.05, 4.69) is 32.9 Å². The van der Waals surface area contributed by atoms with Crippen LogP contribution < -0.4 is 5.43 Å². The Morgan fingerprint density at radius 3 is 2.22 bits per heavy atom. The maximum absolute atomic E-state index is 12.3. The highest BCUT2D eigenvalue weighted by molar-refractivity contribution is 5.29. The van der Waals surface area contributed by atoms with Crippen LogP contribution in [0.15, 0.2) is 16.9 Å². The van der Waals surface area contributed by atoms with Crippen molar-refractivity contribution in [3.05, 3.63) is 44.9 Å². The first kappa shape index (κ1) is 19.5. The first-order valence-corrected chi connectivity index (χ1v) is 8.74. The maximum Gasteiger partial charge on any atom is 0.188 e. The minimum Gasteiger partial charge on any atom is -0.428 e. The number of rotatable bonds is 7. The summed E-state index contributed by atoms with van der Waals surface area (Å²) in [6.07, 6.45) is 10.9. The van der Waals surface area contributed by atoms with Crippen molar-refractivity contribution in [2.75, 3.05) is 0 Å². The molecule has 0 unspecified atom stereocenters. The van der Waals surface area contributed by atoms with Gasteiger partial charge in [0.05, 0.1) is 11.4 Å².